The van der Waals surface area contributed by atoms with Gasteiger partial charge < -0.3 is 5.32 Å². The lowest BCUT2D eigenvalue weighted by atomic mass is 10.2. The third-order valence-corrected chi connectivity index (χ3v) is 4.77. The zero-order valence-corrected chi connectivity index (χ0v) is 15.2. The summed E-state index contributed by atoms with van der Waals surface area (Å²) in [6.45, 7) is 0. The molecule has 25 heavy (non-hydrogen) atoms. The number of hydrogen-bond acceptors (Lipinski definition) is 3. The Kier molecular flexibility index (Phi) is 4.19. The Bertz CT molecular complexity index is 1060. The summed E-state index contributed by atoms with van der Waals surface area (Å²) < 4.78 is 2.83. The molecule has 1 N–H and O–H groups in total. The molecule has 6 heteroatoms. The van der Waals surface area contributed by atoms with E-state index >= 15 is 0 Å². The van der Waals surface area contributed by atoms with Crippen LogP contribution in [0.15, 0.2) is 73.2 Å². The number of fused-ring (bicyclic) bond motifs is 1. The first-order valence-electron chi connectivity index (χ1n) is 7.67. The molecule has 0 atom stereocenters. The van der Waals surface area contributed by atoms with Gasteiger partial charge in [-0.1, -0.05) is 24.3 Å². The van der Waals surface area contributed by atoms with Crippen LogP contribution in [0.5, 0.6) is 0 Å². The number of carbonyl (C=O) groups is 1. The maximum absolute atomic E-state index is 12.4. The zero-order chi connectivity index (χ0) is 17.2. The average Bonchev–Trinajstić information content (AvgIpc) is 3.07. The Morgan fingerprint density at radius 1 is 0.960 bits per heavy atom. The highest BCUT2D eigenvalue weighted by molar-refractivity contribution is 14.1. The third-order valence-electron chi connectivity index (χ3n) is 3.82. The number of carbonyl (C=O) groups excluding carboxylic acids is 1. The third kappa shape index (κ3) is 3.12. The van der Waals surface area contributed by atoms with Crippen molar-refractivity contribution in [1.82, 2.24) is 14.5 Å². The van der Waals surface area contributed by atoms with Crippen molar-refractivity contribution in [3.63, 3.8) is 0 Å². The van der Waals surface area contributed by atoms with Crippen LogP contribution >= 0.6 is 22.6 Å². The van der Waals surface area contributed by atoms with Crippen molar-refractivity contribution in [2.45, 2.75) is 0 Å². The Morgan fingerprint density at radius 2 is 1.76 bits per heavy atom. The largest absolute Gasteiger partial charge is 0.321 e. The summed E-state index contributed by atoms with van der Waals surface area (Å²) in [7, 11) is 0. The lowest BCUT2D eigenvalue weighted by Gasteiger charge is -2.08. The minimum atomic E-state index is -0.146. The van der Waals surface area contributed by atoms with Gasteiger partial charge in [0.2, 0.25) is 0 Å². The van der Waals surface area contributed by atoms with Gasteiger partial charge >= 0.3 is 0 Å². The number of nitrogens with zero attached hydrogens (tertiary/aromatic N) is 3. The molecule has 0 saturated heterocycles. The Hall–Kier alpha value is -2.74. The van der Waals surface area contributed by atoms with Crippen LogP contribution in [0.25, 0.3) is 16.9 Å². The molecule has 4 aromatic rings. The van der Waals surface area contributed by atoms with E-state index in [1.165, 1.54) is 0 Å². The maximum Gasteiger partial charge on any atom is 0.256 e. The van der Waals surface area contributed by atoms with E-state index in [2.05, 4.69) is 37.9 Å². The van der Waals surface area contributed by atoms with Crippen molar-refractivity contribution >= 4 is 45.2 Å². The fourth-order valence-electron chi connectivity index (χ4n) is 2.59. The number of aromatic nitrogens is 3. The molecule has 0 saturated carbocycles. The topological polar surface area (TPSA) is 59.8 Å². The highest BCUT2D eigenvalue weighted by atomic mass is 127. The number of amides is 1. The van der Waals surface area contributed by atoms with Crippen LogP contribution in [0.3, 0.4) is 0 Å². The van der Waals surface area contributed by atoms with Crippen molar-refractivity contribution < 1.29 is 4.79 Å². The molecule has 0 unspecified atom stereocenters. The predicted molar refractivity (Wildman–Crippen MR) is 106 cm³/mol. The Morgan fingerprint density at radius 3 is 2.56 bits per heavy atom. The van der Waals surface area contributed by atoms with Crippen molar-refractivity contribution in [2.75, 3.05) is 5.32 Å². The number of nitrogens with one attached hydrogen (secondary N) is 1. The van der Waals surface area contributed by atoms with E-state index in [4.69, 9.17) is 0 Å². The summed E-state index contributed by atoms with van der Waals surface area (Å²) in [5.74, 6) is 0.605. The number of rotatable bonds is 3. The Labute approximate surface area is 157 Å². The highest BCUT2D eigenvalue weighted by Crippen LogP contribution is 2.18. The van der Waals surface area contributed by atoms with Gasteiger partial charge in [0, 0.05) is 3.57 Å². The number of anilines is 1. The molecule has 2 aromatic heterocycles. The number of imidazole rings is 1. The van der Waals surface area contributed by atoms with Crippen molar-refractivity contribution in [1.29, 1.82) is 0 Å². The summed E-state index contributed by atoms with van der Waals surface area (Å²) in [6, 6.07) is 19.0. The first-order valence-corrected chi connectivity index (χ1v) is 8.74. The van der Waals surface area contributed by atoms with Gasteiger partial charge in [-0.3, -0.25) is 9.36 Å². The minimum Gasteiger partial charge on any atom is -0.321 e. The summed E-state index contributed by atoms with van der Waals surface area (Å²) in [5.41, 5.74) is 3.21. The van der Waals surface area contributed by atoms with Gasteiger partial charge in [0.25, 0.3) is 5.91 Å². The molecule has 0 spiro atoms. The SMILES string of the molecule is O=C(Nc1ccc(-n2cnc3ccccc32)nc1)c1ccccc1I. The van der Waals surface area contributed by atoms with Crippen LogP contribution in [0, 0.1) is 3.57 Å². The molecule has 2 aromatic carbocycles. The second-order valence-corrected chi connectivity index (χ2v) is 6.60. The number of para-hydroxylation sites is 2. The summed E-state index contributed by atoms with van der Waals surface area (Å²) in [4.78, 5) is 21.2. The van der Waals surface area contributed by atoms with E-state index in [9.17, 15) is 4.79 Å². The monoisotopic (exact) mass is 440 g/mol. The van der Waals surface area contributed by atoms with Gasteiger partial charge in [0.15, 0.2) is 0 Å². The molecular formula is C19H13IN4O. The van der Waals surface area contributed by atoms with Gasteiger partial charge in [0.05, 0.1) is 28.5 Å². The summed E-state index contributed by atoms with van der Waals surface area (Å²) in [5, 5.41) is 2.88. The first-order chi connectivity index (χ1) is 12.2. The average molecular weight is 440 g/mol. The predicted octanol–water partition coefficient (Wildman–Crippen LogP) is 4.28. The molecule has 0 aliphatic heterocycles. The minimum absolute atomic E-state index is 0.146. The second kappa shape index (κ2) is 6.64. The molecule has 0 aliphatic rings. The maximum atomic E-state index is 12.4. The number of benzene rings is 2. The van der Waals surface area contributed by atoms with Crippen LogP contribution in [0.1, 0.15) is 10.4 Å². The van der Waals surface area contributed by atoms with Crippen LogP contribution in [0.2, 0.25) is 0 Å². The van der Waals surface area contributed by atoms with Crippen molar-refractivity contribution in [3.8, 4) is 5.82 Å². The lowest BCUT2D eigenvalue weighted by molar-refractivity contribution is 0.102. The molecule has 2 heterocycles. The Balaban J connectivity index is 1.58. The van der Waals surface area contributed by atoms with Gasteiger partial charge in [-0.05, 0) is 59.0 Å². The van der Waals surface area contributed by atoms with Crippen molar-refractivity contribution in [3.05, 3.63) is 82.3 Å². The van der Waals surface area contributed by atoms with Crippen LogP contribution < -0.4 is 5.32 Å². The van der Waals surface area contributed by atoms with E-state index in [0.717, 1.165) is 20.4 Å². The molecule has 0 fully saturated rings. The summed E-state index contributed by atoms with van der Waals surface area (Å²) in [6.07, 6.45) is 3.40. The molecule has 0 radical (unpaired) electrons. The van der Waals surface area contributed by atoms with Gasteiger partial charge in [0.1, 0.15) is 12.1 Å². The quantitative estimate of drug-likeness (QED) is 0.484. The molecule has 1 amide bonds. The molecule has 5 nitrogen and oxygen atoms in total. The fraction of sp³-hybridized carbons (Fsp3) is 0. The first kappa shape index (κ1) is 15.8. The van der Waals surface area contributed by atoms with Crippen LogP contribution in [0.4, 0.5) is 5.69 Å². The van der Waals surface area contributed by atoms with Crippen LogP contribution in [-0.2, 0) is 0 Å². The number of hydrogen-bond donors (Lipinski definition) is 1. The van der Waals surface area contributed by atoms with E-state index in [1.54, 1.807) is 18.6 Å². The lowest BCUT2D eigenvalue weighted by Crippen LogP contribution is -2.13. The van der Waals surface area contributed by atoms with Crippen LogP contribution in [-0.4, -0.2) is 20.4 Å². The van der Waals surface area contributed by atoms with E-state index in [1.807, 2.05) is 59.2 Å². The van der Waals surface area contributed by atoms with Crippen molar-refractivity contribution in [2.24, 2.45) is 0 Å². The second-order valence-electron chi connectivity index (χ2n) is 5.44. The fourth-order valence-corrected chi connectivity index (χ4v) is 3.22. The molecule has 0 aliphatic carbocycles. The molecule has 0 bridgehead atoms. The van der Waals surface area contributed by atoms with Gasteiger partial charge in [-0.15, -0.1) is 0 Å². The van der Waals surface area contributed by atoms with E-state index < -0.39 is 0 Å². The van der Waals surface area contributed by atoms with E-state index in [0.29, 0.717) is 11.3 Å². The number of halogens is 1. The highest BCUT2D eigenvalue weighted by Gasteiger charge is 2.10. The molecular weight excluding hydrogens is 427 g/mol. The van der Waals surface area contributed by atoms with E-state index in [-0.39, 0.29) is 5.91 Å². The zero-order valence-electron chi connectivity index (χ0n) is 13.1. The normalized spacial score (nSPS) is 10.8. The smallest absolute Gasteiger partial charge is 0.256 e. The van der Waals surface area contributed by atoms with Gasteiger partial charge in [-0.2, -0.15) is 0 Å². The number of pyridine rings is 1. The summed E-state index contributed by atoms with van der Waals surface area (Å²) >= 11 is 2.15. The van der Waals surface area contributed by atoms with Gasteiger partial charge in [-0.25, -0.2) is 9.97 Å². The molecule has 122 valence electrons. The standard InChI is InChI=1S/C19H13IN4O/c20-15-6-2-1-5-14(15)19(25)23-13-9-10-18(21-11-13)24-12-22-16-7-3-4-8-17(16)24/h1-12H,(H,23,25). The molecule has 4 rings (SSSR count).